The first-order valence-electron chi connectivity index (χ1n) is 10.1. The first-order valence-corrected chi connectivity index (χ1v) is 10.1. The standard InChI is InChI=1S/C23H29N3O2/c1-3-21(27)26-14-11-23(12-15-26,22(28)25-4-2)16-18-8-5-6-10-20(18)19-9-7-13-24-17-19/h5-10,13,17H,3-4,11-12,14-16H2,1-2H3,(H,25,28). The molecule has 2 heterocycles. The summed E-state index contributed by atoms with van der Waals surface area (Å²) in [6.07, 6.45) is 6.18. The maximum absolute atomic E-state index is 13.1. The molecule has 1 saturated heterocycles. The molecule has 1 aromatic heterocycles. The van der Waals surface area contributed by atoms with Crippen molar-refractivity contribution in [3.63, 3.8) is 0 Å². The van der Waals surface area contributed by atoms with Crippen molar-refractivity contribution in [1.29, 1.82) is 0 Å². The number of rotatable bonds is 6. The highest BCUT2D eigenvalue weighted by molar-refractivity contribution is 5.84. The van der Waals surface area contributed by atoms with Crippen molar-refractivity contribution < 1.29 is 9.59 Å². The topological polar surface area (TPSA) is 62.3 Å². The predicted molar refractivity (Wildman–Crippen MR) is 111 cm³/mol. The Balaban J connectivity index is 1.90. The lowest BCUT2D eigenvalue weighted by Crippen LogP contribution is -2.51. The minimum absolute atomic E-state index is 0.0968. The maximum atomic E-state index is 13.1. The number of hydrogen-bond donors (Lipinski definition) is 1. The molecular weight excluding hydrogens is 350 g/mol. The molecule has 0 spiro atoms. The summed E-state index contributed by atoms with van der Waals surface area (Å²) in [5, 5.41) is 3.04. The van der Waals surface area contributed by atoms with Gasteiger partial charge in [-0.15, -0.1) is 0 Å². The second-order valence-electron chi connectivity index (χ2n) is 7.45. The highest BCUT2D eigenvalue weighted by Gasteiger charge is 2.42. The number of hydrogen-bond acceptors (Lipinski definition) is 3. The third-order valence-electron chi connectivity index (χ3n) is 5.71. The molecule has 1 aliphatic heterocycles. The highest BCUT2D eigenvalue weighted by Crippen LogP contribution is 2.38. The van der Waals surface area contributed by atoms with E-state index in [1.165, 1.54) is 0 Å². The van der Waals surface area contributed by atoms with Crippen LogP contribution in [0.1, 0.15) is 38.7 Å². The number of amides is 2. The van der Waals surface area contributed by atoms with Crippen LogP contribution in [-0.2, 0) is 16.0 Å². The van der Waals surface area contributed by atoms with Crippen LogP contribution in [0, 0.1) is 5.41 Å². The van der Waals surface area contributed by atoms with Crippen molar-refractivity contribution in [2.75, 3.05) is 19.6 Å². The molecule has 0 bridgehead atoms. The van der Waals surface area contributed by atoms with E-state index in [9.17, 15) is 9.59 Å². The van der Waals surface area contributed by atoms with Crippen LogP contribution in [0.3, 0.4) is 0 Å². The summed E-state index contributed by atoms with van der Waals surface area (Å²) in [6.45, 7) is 5.73. The fourth-order valence-corrected chi connectivity index (χ4v) is 4.08. The number of nitrogens with one attached hydrogen (secondary N) is 1. The summed E-state index contributed by atoms with van der Waals surface area (Å²) < 4.78 is 0. The number of piperidine rings is 1. The summed E-state index contributed by atoms with van der Waals surface area (Å²) in [4.78, 5) is 31.3. The molecule has 28 heavy (non-hydrogen) atoms. The van der Waals surface area contributed by atoms with Gasteiger partial charge in [-0.05, 0) is 43.4 Å². The highest BCUT2D eigenvalue weighted by atomic mass is 16.2. The molecule has 0 radical (unpaired) electrons. The van der Waals surface area contributed by atoms with Crippen LogP contribution in [0.5, 0.6) is 0 Å². The summed E-state index contributed by atoms with van der Waals surface area (Å²) in [6, 6.07) is 12.2. The molecule has 148 valence electrons. The lowest BCUT2D eigenvalue weighted by atomic mass is 9.72. The van der Waals surface area contributed by atoms with E-state index in [2.05, 4.69) is 22.4 Å². The summed E-state index contributed by atoms with van der Waals surface area (Å²) in [5.74, 6) is 0.264. The van der Waals surface area contributed by atoms with Crippen LogP contribution >= 0.6 is 0 Å². The number of aromatic nitrogens is 1. The van der Waals surface area contributed by atoms with Crippen LogP contribution in [0.15, 0.2) is 48.8 Å². The van der Waals surface area contributed by atoms with Gasteiger partial charge in [0.2, 0.25) is 11.8 Å². The zero-order chi connectivity index (χ0) is 20.0. The van der Waals surface area contributed by atoms with E-state index in [1.807, 2.05) is 49.2 Å². The molecule has 0 aliphatic carbocycles. The Hall–Kier alpha value is -2.69. The molecule has 2 amide bonds. The molecule has 0 unspecified atom stereocenters. The van der Waals surface area contributed by atoms with Crippen molar-refractivity contribution >= 4 is 11.8 Å². The molecular formula is C23H29N3O2. The molecule has 1 fully saturated rings. The van der Waals surface area contributed by atoms with Gasteiger partial charge >= 0.3 is 0 Å². The van der Waals surface area contributed by atoms with Crippen molar-refractivity contribution in [2.24, 2.45) is 5.41 Å². The van der Waals surface area contributed by atoms with E-state index in [4.69, 9.17) is 0 Å². The summed E-state index contributed by atoms with van der Waals surface area (Å²) >= 11 is 0. The van der Waals surface area contributed by atoms with Gasteiger partial charge in [-0.25, -0.2) is 0 Å². The minimum Gasteiger partial charge on any atom is -0.356 e. The van der Waals surface area contributed by atoms with Gasteiger partial charge in [0.05, 0.1) is 5.41 Å². The normalized spacial score (nSPS) is 15.9. The van der Waals surface area contributed by atoms with Gasteiger partial charge in [-0.3, -0.25) is 14.6 Å². The van der Waals surface area contributed by atoms with Crippen LogP contribution in [0.4, 0.5) is 0 Å². The smallest absolute Gasteiger partial charge is 0.226 e. The van der Waals surface area contributed by atoms with Gasteiger partial charge in [-0.2, -0.15) is 0 Å². The average molecular weight is 380 g/mol. The second kappa shape index (κ2) is 9.00. The number of likely N-dealkylation sites (tertiary alicyclic amines) is 1. The molecule has 0 saturated carbocycles. The van der Waals surface area contributed by atoms with Crippen molar-refractivity contribution in [3.8, 4) is 11.1 Å². The number of carbonyl (C=O) groups is 2. The largest absolute Gasteiger partial charge is 0.356 e. The third-order valence-corrected chi connectivity index (χ3v) is 5.71. The van der Waals surface area contributed by atoms with Gasteiger partial charge in [0, 0.05) is 44.0 Å². The zero-order valence-electron chi connectivity index (χ0n) is 16.8. The van der Waals surface area contributed by atoms with E-state index >= 15 is 0 Å². The first kappa shape index (κ1) is 20.1. The van der Waals surface area contributed by atoms with E-state index in [0.29, 0.717) is 45.3 Å². The molecule has 0 atom stereocenters. The van der Waals surface area contributed by atoms with Gasteiger partial charge in [-0.1, -0.05) is 37.3 Å². The minimum atomic E-state index is -0.487. The van der Waals surface area contributed by atoms with Gasteiger partial charge in [0.15, 0.2) is 0 Å². The fourth-order valence-electron chi connectivity index (χ4n) is 4.08. The van der Waals surface area contributed by atoms with Crippen molar-refractivity contribution in [1.82, 2.24) is 15.2 Å². The Morgan fingerprint density at radius 3 is 2.50 bits per heavy atom. The number of pyridine rings is 1. The number of carbonyl (C=O) groups excluding carboxylic acids is 2. The Labute approximate surface area is 167 Å². The lowest BCUT2D eigenvalue weighted by molar-refractivity contribution is -0.140. The molecule has 2 aromatic rings. The van der Waals surface area contributed by atoms with Gasteiger partial charge in [0.1, 0.15) is 0 Å². The molecule has 5 nitrogen and oxygen atoms in total. The Bertz CT molecular complexity index is 812. The SMILES string of the molecule is CCNC(=O)C1(Cc2ccccc2-c2cccnc2)CCN(C(=O)CC)CC1. The third kappa shape index (κ3) is 4.24. The molecule has 5 heteroatoms. The number of benzene rings is 1. The molecule has 1 aliphatic rings. The lowest BCUT2D eigenvalue weighted by Gasteiger charge is -2.41. The van der Waals surface area contributed by atoms with Gasteiger partial charge < -0.3 is 10.2 Å². The number of nitrogens with zero attached hydrogens (tertiary/aromatic N) is 2. The quantitative estimate of drug-likeness (QED) is 0.836. The summed E-state index contributed by atoms with van der Waals surface area (Å²) in [5.41, 5.74) is 2.84. The Morgan fingerprint density at radius 2 is 1.86 bits per heavy atom. The second-order valence-corrected chi connectivity index (χ2v) is 7.45. The average Bonchev–Trinajstić information content (AvgIpc) is 2.75. The summed E-state index contributed by atoms with van der Waals surface area (Å²) in [7, 11) is 0. The van der Waals surface area contributed by atoms with Crippen LogP contribution in [0.2, 0.25) is 0 Å². The van der Waals surface area contributed by atoms with Crippen LogP contribution < -0.4 is 5.32 Å². The maximum Gasteiger partial charge on any atom is 0.226 e. The molecule has 3 rings (SSSR count). The first-order chi connectivity index (χ1) is 13.6. The fraction of sp³-hybridized carbons (Fsp3) is 0.435. The predicted octanol–water partition coefficient (Wildman–Crippen LogP) is 3.45. The van der Waals surface area contributed by atoms with Gasteiger partial charge in [0.25, 0.3) is 0 Å². The Kier molecular flexibility index (Phi) is 6.45. The van der Waals surface area contributed by atoms with E-state index in [-0.39, 0.29) is 11.8 Å². The molecule has 1 N–H and O–H groups in total. The van der Waals surface area contributed by atoms with Crippen LogP contribution in [0.25, 0.3) is 11.1 Å². The Morgan fingerprint density at radius 1 is 1.11 bits per heavy atom. The molecule has 1 aromatic carbocycles. The van der Waals surface area contributed by atoms with E-state index in [0.717, 1.165) is 16.7 Å². The van der Waals surface area contributed by atoms with E-state index < -0.39 is 5.41 Å². The van der Waals surface area contributed by atoms with Crippen molar-refractivity contribution in [3.05, 3.63) is 54.4 Å². The zero-order valence-corrected chi connectivity index (χ0v) is 16.8. The van der Waals surface area contributed by atoms with Crippen LogP contribution in [-0.4, -0.2) is 41.3 Å². The van der Waals surface area contributed by atoms with E-state index in [1.54, 1.807) is 6.20 Å². The van der Waals surface area contributed by atoms with Crippen molar-refractivity contribution in [2.45, 2.75) is 39.5 Å². The monoisotopic (exact) mass is 379 g/mol.